The summed E-state index contributed by atoms with van der Waals surface area (Å²) in [6.07, 6.45) is 0. The SMILES string of the molecule is COC(=O)c1ccccc1NC(CO)C(C)C. The minimum absolute atomic E-state index is 0.0210. The number of hydrogen-bond acceptors (Lipinski definition) is 4. The number of ether oxygens (including phenoxy) is 1. The first-order chi connectivity index (χ1) is 8.10. The van der Waals surface area contributed by atoms with Crippen LogP contribution < -0.4 is 5.32 Å². The predicted molar refractivity (Wildman–Crippen MR) is 67.1 cm³/mol. The van der Waals surface area contributed by atoms with Gasteiger partial charge in [0.05, 0.1) is 25.3 Å². The first-order valence-electron chi connectivity index (χ1n) is 5.65. The summed E-state index contributed by atoms with van der Waals surface area (Å²) in [5.74, 6) is -0.112. The third kappa shape index (κ3) is 3.46. The Hall–Kier alpha value is -1.55. The van der Waals surface area contributed by atoms with Crippen LogP contribution >= 0.6 is 0 Å². The van der Waals surface area contributed by atoms with Gasteiger partial charge < -0.3 is 15.2 Å². The van der Waals surface area contributed by atoms with Crippen LogP contribution in [-0.4, -0.2) is 30.8 Å². The Balaban J connectivity index is 2.93. The second-order valence-electron chi connectivity index (χ2n) is 4.21. The van der Waals surface area contributed by atoms with E-state index in [1.54, 1.807) is 18.2 Å². The summed E-state index contributed by atoms with van der Waals surface area (Å²) in [6.45, 7) is 4.04. The van der Waals surface area contributed by atoms with Gasteiger partial charge >= 0.3 is 5.97 Å². The van der Waals surface area contributed by atoms with E-state index >= 15 is 0 Å². The molecule has 0 heterocycles. The van der Waals surface area contributed by atoms with Crippen LogP contribution in [0.5, 0.6) is 0 Å². The average molecular weight is 237 g/mol. The highest BCUT2D eigenvalue weighted by Gasteiger charge is 2.16. The molecule has 1 atom stereocenters. The van der Waals surface area contributed by atoms with Gasteiger partial charge in [-0.05, 0) is 18.1 Å². The van der Waals surface area contributed by atoms with Gasteiger partial charge in [-0.3, -0.25) is 0 Å². The first-order valence-corrected chi connectivity index (χ1v) is 5.65. The number of carbonyl (C=O) groups is 1. The van der Waals surface area contributed by atoms with Crippen LogP contribution in [0.4, 0.5) is 5.69 Å². The lowest BCUT2D eigenvalue weighted by molar-refractivity contribution is 0.0601. The van der Waals surface area contributed by atoms with E-state index in [4.69, 9.17) is 4.74 Å². The van der Waals surface area contributed by atoms with Crippen molar-refractivity contribution < 1.29 is 14.6 Å². The molecule has 0 saturated heterocycles. The monoisotopic (exact) mass is 237 g/mol. The molecular weight excluding hydrogens is 218 g/mol. The summed E-state index contributed by atoms with van der Waals surface area (Å²) < 4.78 is 4.71. The molecule has 1 rings (SSSR count). The molecule has 0 aromatic heterocycles. The molecule has 0 amide bonds. The summed E-state index contributed by atoms with van der Waals surface area (Å²) >= 11 is 0. The number of aliphatic hydroxyl groups is 1. The van der Waals surface area contributed by atoms with E-state index in [0.29, 0.717) is 11.3 Å². The van der Waals surface area contributed by atoms with Gasteiger partial charge in [0.15, 0.2) is 0 Å². The van der Waals surface area contributed by atoms with Crippen LogP contribution in [0.3, 0.4) is 0 Å². The van der Waals surface area contributed by atoms with Crippen molar-refractivity contribution >= 4 is 11.7 Å². The largest absolute Gasteiger partial charge is 0.465 e. The maximum Gasteiger partial charge on any atom is 0.339 e. The normalized spacial score (nSPS) is 12.3. The number of anilines is 1. The maximum atomic E-state index is 11.5. The highest BCUT2D eigenvalue weighted by molar-refractivity contribution is 5.95. The lowest BCUT2D eigenvalue weighted by Gasteiger charge is -2.22. The van der Waals surface area contributed by atoms with E-state index in [1.165, 1.54) is 7.11 Å². The molecule has 1 unspecified atom stereocenters. The third-order valence-corrected chi connectivity index (χ3v) is 2.67. The molecule has 0 spiro atoms. The van der Waals surface area contributed by atoms with Crippen LogP contribution in [0.15, 0.2) is 24.3 Å². The van der Waals surface area contributed by atoms with E-state index in [-0.39, 0.29) is 24.5 Å². The van der Waals surface area contributed by atoms with Gasteiger partial charge in [0.1, 0.15) is 0 Å². The molecule has 0 bridgehead atoms. The molecule has 0 radical (unpaired) electrons. The molecule has 0 aliphatic carbocycles. The number of hydrogen-bond donors (Lipinski definition) is 2. The van der Waals surface area contributed by atoms with E-state index in [2.05, 4.69) is 5.32 Å². The van der Waals surface area contributed by atoms with Crippen LogP contribution in [-0.2, 0) is 4.74 Å². The number of methoxy groups -OCH3 is 1. The molecule has 1 aromatic rings. The number of carbonyl (C=O) groups excluding carboxylic acids is 1. The first kappa shape index (κ1) is 13.5. The van der Waals surface area contributed by atoms with Crippen molar-refractivity contribution in [3.8, 4) is 0 Å². The highest BCUT2D eigenvalue weighted by atomic mass is 16.5. The lowest BCUT2D eigenvalue weighted by Crippen LogP contribution is -2.30. The van der Waals surface area contributed by atoms with E-state index in [9.17, 15) is 9.90 Å². The fourth-order valence-electron chi connectivity index (χ4n) is 1.52. The molecule has 4 heteroatoms. The Morgan fingerprint density at radius 1 is 1.41 bits per heavy atom. The second kappa shape index (κ2) is 6.25. The summed E-state index contributed by atoms with van der Waals surface area (Å²) in [7, 11) is 1.35. The molecule has 17 heavy (non-hydrogen) atoms. The molecule has 2 N–H and O–H groups in total. The highest BCUT2D eigenvalue weighted by Crippen LogP contribution is 2.18. The number of para-hydroxylation sites is 1. The van der Waals surface area contributed by atoms with Crippen molar-refractivity contribution in [2.75, 3.05) is 19.0 Å². The number of benzene rings is 1. The molecule has 0 aliphatic rings. The molecule has 0 saturated carbocycles. The number of esters is 1. The molecule has 4 nitrogen and oxygen atoms in total. The summed E-state index contributed by atoms with van der Waals surface area (Å²) in [5, 5.41) is 12.4. The Labute approximate surface area is 102 Å². The van der Waals surface area contributed by atoms with Crippen molar-refractivity contribution in [3.63, 3.8) is 0 Å². The van der Waals surface area contributed by atoms with Gasteiger partial charge in [-0.2, -0.15) is 0 Å². The lowest BCUT2D eigenvalue weighted by atomic mass is 10.0. The minimum atomic E-state index is -0.381. The summed E-state index contributed by atoms with van der Waals surface area (Å²) in [6, 6.07) is 7.03. The third-order valence-electron chi connectivity index (χ3n) is 2.67. The Bertz CT molecular complexity index is 377. The second-order valence-corrected chi connectivity index (χ2v) is 4.21. The minimum Gasteiger partial charge on any atom is -0.465 e. The fourth-order valence-corrected chi connectivity index (χ4v) is 1.52. The number of rotatable bonds is 5. The van der Waals surface area contributed by atoms with Gasteiger partial charge in [0, 0.05) is 5.69 Å². The molecule has 0 aliphatic heterocycles. The predicted octanol–water partition coefficient (Wildman–Crippen LogP) is 1.90. The molecule has 94 valence electrons. The van der Waals surface area contributed by atoms with E-state index in [0.717, 1.165) is 0 Å². The zero-order valence-corrected chi connectivity index (χ0v) is 10.4. The molecular formula is C13H19NO3. The van der Waals surface area contributed by atoms with Gasteiger partial charge in [-0.15, -0.1) is 0 Å². The number of aliphatic hydroxyl groups excluding tert-OH is 1. The number of nitrogens with one attached hydrogen (secondary N) is 1. The van der Waals surface area contributed by atoms with E-state index < -0.39 is 0 Å². The smallest absolute Gasteiger partial charge is 0.339 e. The Kier molecular flexibility index (Phi) is 4.97. The van der Waals surface area contributed by atoms with Gasteiger partial charge in [0.2, 0.25) is 0 Å². The van der Waals surface area contributed by atoms with Gasteiger partial charge in [-0.1, -0.05) is 26.0 Å². The van der Waals surface area contributed by atoms with Crippen molar-refractivity contribution in [2.24, 2.45) is 5.92 Å². The van der Waals surface area contributed by atoms with Crippen molar-refractivity contribution in [3.05, 3.63) is 29.8 Å². The van der Waals surface area contributed by atoms with Crippen molar-refractivity contribution in [1.29, 1.82) is 0 Å². The Morgan fingerprint density at radius 2 is 2.06 bits per heavy atom. The van der Waals surface area contributed by atoms with Crippen molar-refractivity contribution in [1.82, 2.24) is 0 Å². The maximum absolute atomic E-state index is 11.5. The molecule has 0 fully saturated rings. The quantitative estimate of drug-likeness (QED) is 0.768. The Morgan fingerprint density at radius 3 is 2.59 bits per heavy atom. The van der Waals surface area contributed by atoms with Crippen LogP contribution in [0, 0.1) is 5.92 Å². The molecule has 1 aromatic carbocycles. The zero-order valence-electron chi connectivity index (χ0n) is 10.4. The van der Waals surface area contributed by atoms with Crippen molar-refractivity contribution in [2.45, 2.75) is 19.9 Å². The fraction of sp³-hybridized carbons (Fsp3) is 0.462. The summed E-state index contributed by atoms with van der Waals surface area (Å²) in [5.41, 5.74) is 1.17. The van der Waals surface area contributed by atoms with Crippen LogP contribution in [0.25, 0.3) is 0 Å². The standard InChI is InChI=1S/C13H19NO3/c1-9(2)12(8-15)14-11-7-5-4-6-10(11)13(16)17-3/h4-7,9,12,14-15H,8H2,1-3H3. The average Bonchev–Trinajstić information content (AvgIpc) is 2.35. The van der Waals surface area contributed by atoms with Crippen LogP contribution in [0.2, 0.25) is 0 Å². The summed E-state index contributed by atoms with van der Waals surface area (Å²) in [4.78, 5) is 11.5. The zero-order chi connectivity index (χ0) is 12.8. The van der Waals surface area contributed by atoms with E-state index in [1.807, 2.05) is 19.9 Å². The van der Waals surface area contributed by atoms with Gasteiger partial charge in [0.25, 0.3) is 0 Å². The van der Waals surface area contributed by atoms with Crippen LogP contribution in [0.1, 0.15) is 24.2 Å². The topological polar surface area (TPSA) is 58.6 Å². The van der Waals surface area contributed by atoms with Gasteiger partial charge in [-0.25, -0.2) is 4.79 Å².